The zero-order chi connectivity index (χ0) is 13.8. The number of piperidine rings is 1. The van der Waals surface area contributed by atoms with Crippen LogP contribution in [0.5, 0.6) is 0 Å². The first-order chi connectivity index (χ1) is 9.11. The number of hydrogen-bond acceptors (Lipinski definition) is 3. The van der Waals surface area contributed by atoms with Crippen LogP contribution in [0.25, 0.3) is 0 Å². The number of nitrogens with two attached hydrogens (primary N) is 1. The van der Waals surface area contributed by atoms with Crippen molar-refractivity contribution >= 4 is 23.2 Å². The molecule has 1 aliphatic rings. The molecule has 5 heteroatoms. The van der Waals surface area contributed by atoms with E-state index < -0.39 is 0 Å². The van der Waals surface area contributed by atoms with E-state index in [-0.39, 0.29) is 12.0 Å². The van der Waals surface area contributed by atoms with Crippen molar-refractivity contribution in [1.82, 2.24) is 4.90 Å². The third-order valence-corrected chi connectivity index (χ3v) is 3.62. The molecular weight excluding hydrogens is 264 g/mol. The zero-order valence-electron chi connectivity index (χ0n) is 11.1. The van der Waals surface area contributed by atoms with Crippen LogP contribution in [0.2, 0.25) is 5.02 Å². The lowest BCUT2D eigenvalue weighted by molar-refractivity contribution is 0.00725. The van der Waals surface area contributed by atoms with Crippen molar-refractivity contribution < 1.29 is 9.53 Å². The molecule has 19 heavy (non-hydrogen) atoms. The molecule has 1 heterocycles. The molecular formula is C14H19ClN2O2. The molecule has 1 aliphatic heterocycles. The van der Waals surface area contributed by atoms with Gasteiger partial charge < -0.3 is 15.4 Å². The SMILES string of the molecule is CCOC1CCCN(C(=O)c2cc(N)ccc2Cl)C1. The standard InChI is InChI=1S/C14H19ClN2O2/c1-2-19-11-4-3-7-17(9-11)14(18)12-8-10(16)5-6-13(12)15/h5-6,8,11H,2-4,7,9,16H2,1H3. The number of ether oxygens (including phenoxy) is 1. The molecule has 0 bridgehead atoms. The molecule has 1 fully saturated rings. The molecule has 1 aromatic carbocycles. The van der Waals surface area contributed by atoms with Crippen molar-refractivity contribution in [3.63, 3.8) is 0 Å². The number of likely N-dealkylation sites (tertiary alicyclic amines) is 1. The molecule has 0 spiro atoms. The summed E-state index contributed by atoms with van der Waals surface area (Å²) in [6.45, 7) is 4.01. The minimum Gasteiger partial charge on any atom is -0.399 e. The average molecular weight is 283 g/mol. The molecule has 0 saturated carbocycles. The first-order valence-corrected chi connectivity index (χ1v) is 6.95. The second-order valence-corrected chi connectivity index (χ2v) is 5.12. The number of halogens is 1. The van der Waals surface area contributed by atoms with Crippen LogP contribution in [0.3, 0.4) is 0 Å². The van der Waals surface area contributed by atoms with Gasteiger partial charge in [-0.2, -0.15) is 0 Å². The van der Waals surface area contributed by atoms with Gasteiger partial charge in [0.2, 0.25) is 0 Å². The van der Waals surface area contributed by atoms with Crippen LogP contribution in [0, 0.1) is 0 Å². The summed E-state index contributed by atoms with van der Waals surface area (Å²) < 4.78 is 5.60. The minimum absolute atomic E-state index is 0.0679. The second kappa shape index (κ2) is 6.26. The van der Waals surface area contributed by atoms with E-state index in [1.54, 1.807) is 23.1 Å². The van der Waals surface area contributed by atoms with E-state index in [9.17, 15) is 4.79 Å². The highest BCUT2D eigenvalue weighted by Crippen LogP contribution is 2.23. The van der Waals surface area contributed by atoms with Gasteiger partial charge in [0.1, 0.15) is 0 Å². The van der Waals surface area contributed by atoms with E-state index in [0.717, 1.165) is 19.4 Å². The molecule has 104 valence electrons. The van der Waals surface area contributed by atoms with Gasteiger partial charge in [0.05, 0.1) is 16.7 Å². The molecule has 2 N–H and O–H groups in total. The highest BCUT2D eigenvalue weighted by molar-refractivity contribution is 6.34. The molecule has 1 saturated heterocycles. The van der Waals surface area contributed by atoms with E-state index in [1.807, 2.05) is 6.92 Å². The Balaban J connectivity index is 2.12. The quantitative estimate of drug-likeness (QED) is 0.867. The van der Waals surface area contributed by atoms with Crippen molar-refractivity contribution in [2.24, 2.45) is 0 Å². The fraction of sp³-hybridized carbons (Fsp3) is 0.500. The predicted molar refractivity (Wildman–Crippen MR) is 76.4 cm³/mol. The summed E-state index contributed by atoms with van der Waals surface area (Å²) in [5.41, 5.74) is 6.73. The van der Waals surface area contributed by atoms with Crippen LogP contribution < -0.4 is 5.73 Å². The summed E-state index contributed by atoms with van der Waals surface area (Å²) in [4.78, 5) is 14.2. The molecule has 4 nitrogen and oxygen atoms in total. The number of anilines is 1. The van der Waals surface area contributed by atoms with Crippen LogP contribution in [-0.4, -0.2) is 36.6 Å². The number of rotatable bonds is 3. The zero-order valence-corrected chi connectivity index (χ0v) is 11.8. The average Bonchev–Trinajstić information content (AvgIpc) is 2.41. The Bertz CT molecular complexity index is 463. The second-order valence-electron chi connectivity index (χ2n) is 4.71. The summed E-state index contributed by atoms with van der Waals surface area (Å²) in [6, 6.07) is 4.99. The Kier molecular flexibility index (Phi) is 4.66. The Hall–Kier alpha value is -1.26. The summed E-state index contributed by atoms with van der Waals surface area (Å²) >= 11 is 6.07. The summed E-state index contributed by atoms with van der Waals surface area (Å²) in [7, 11) is 0. The van der Waals surface area contributed by atoms with Crippen molar-refractivity contribution in [1.29, 1.82) is 0 Å². The molecule has 1 unspecified atom stereocenters. The Labute approximate surface area is 118 Å². The summed E-state index contributed by atoms with van der Waals surface area (Å²) in [5, 5.41) is 0.442. The van der Waals surface area contributed by atoms with E-state index in [4.69, 9.17) is 22.1 Å². The maximum Gasteiger partial charge on any atom is 0.255 e. The van der Waals surface area contributed by atoms with E-state index in [0.29, 0.717) is 29.4 Å². The van der Waals surface area contributed by atoms with Crippen molar-refractivity contribution in [3.05, 3.63) is 28.8 Å². The first-order valence-electron chi connectivity index (χ1n) is 6.57. The summed E-state index contributed by atoms with van der Waals surface area (Å²) in [5.74, 6) is -0.0679. The monoisotopic (exact) mass is 282 g/mol. The van der Waals surface area contributed by atoms with Gasteiger partial charge in [-0.1, -0.05) is 11.6 Å². The van der Waals surface area contributed by atoms with Gasteiger partial charge in [0, 0.05) is 25.4 Å². The number of benzene rings is 1. The number of hydrogen-bond donors (Lipinski definition) is 1. The fourth-order valence-electron chi connectivity index (χ4n) is 2.37. The summed E-state index contributed by atoms with van der Waals surface area (Å²) in [6.07, 6.45) is 2.08. The van der Waals surface area contributed by atoms with Crippen molar-refractivity contribution in [2.45, 2.75) is 25.9 Å². The Morgan fingerprint density at radius 3 is 3.11 bits per heavy atom. The van der Waals surface area contributed by atoms with Gasteiger partial charge in [-0.3, -0.25) is 4.79 Å². The fourth-order valence-corrected chi connectivity index (χ4v) is 2.57. The van der Waals surface area contributed by atoms with Crippen LogP contribution in [-0.2, 0) is 4.74 Å². The molecule has 1 aromatic rings. The smallest absolute Gasteiger partial charge is 0.255 e. The minimum atomic E-state index is -0.0679. The first kappa shape index (κ1) is 14.2. The lowest BCUT2D eigenvalue weighted by Crippen LogP contribution is -2.43. The van der Waals surface area contributed by atoms with Gasteiger partial charge >= 0.3 is 0 Å². The Morgan fingerprint density at radius 2 is 2.37 bits per heavy atom. The molecule has 1 amide bonds. The number of amides is 1. The van der Waals surface area contributed by atoms with E-state index in [2.05, 4.69) is 0 Å². The number of nitrogens with zero attached hydrogens (tertiary/aromatic N) is 1. The maximum absolute atomic E-state index is 12.5. The van der Waals surface area contributed by atoms with Crippen molar-refractivity contribution in [2.75, 3.05) is 25.4 Å². The third kappa shape index (κ3) is 3.39. The third-order valence-electron chi connectivity index (χ3n) is 3.29. The van der Waals surface area contributed by atoms with Crippen LogP contribution in [0.1, 0.15) is 30.1 Å². The number of nitrogen functional groups attached to an aromatic ring is 1. The van der Waals surface area contributed by atoms with Gasteiger partial charge in [-0.25, -0.2) is 0 Å². The van der Waals surface area contributed by atoms with E-state index in [1.165, 1.54) is 0 Å². The topological polar surface area (TPSA) is 55.6 Å². The van der Waals surface area contributed by atoms with Gasteiger partial charge in [-0.05, 0) is 38.0 Å². The molecule has 2 rings (SSSR count). The molecule has 0 aromatic heterocycles. The number of carbonyl (C=O) groups is 1. The molecule has 0 aliphatic carbocycles. The largest absolute Gasteiger partial charge is 0.399 e. The molecule has 1 atom stereocenters. The molecule has 0 radical (unpaired) electrons. The highest BCUT2D eigenvalue weighted by atomic mass is 35.5. The Morgan fingerprint density at radius 1 is 1.58 bits per heavy atom. The normalized spacial score (nSPS) is 19.5. The van der Waals surface area contributed by atoms with Gasteiger partial charge in [0.15, 0.2) is 0 Å². The predicted octanol–water partition coefficient (Wildman–Crippen LogP) is 2.56. The maximum atomic E-state index is 12.5. The van der Waals surface area contributed by atoms with Crippen LogP contribution in [0.4, 0.5) is 5.69 Å². The highest BCUT2D eigenvalue weighted by Gasteiger charge is 2.25. The van der Waals surface area contributed by atoms with Gasteiger partial charge in [-0.15, -0.1) is 0 Å². The van der Waals surface area contributed by atoms with E-state index >= 15 is 0 Å². The number of carbonyl (C=O) groups excluding carboxylic acids is 1. The van der Waals surface area contributed by atoms with Gasteiger partial charge in [0.25, 0.3) is 5.91 Å². The lowest BCUT2D eigenvalue weighted by Gasteiger charge is -2.32. The van der Waals surface area contributed by atoms with Crippen LogP contribution in [0.15, 0.2) is 18.2 Å². The van der Waals surface area contributed by atoms with Crippen molar-refractivity contribution in [3.8, 4) is 0 Å². The lowest BCUT2D eigenvalue weighted by atomic mass is 10.1. The van der Waals surface area contributed by atoms with Crippen LogP contribution >= 0.6 is 11.6 Å².